The Balaban J connectivity index is 2.61. The molecule has 2 aromatic carbocycles. The molecule has 0 aromatic heterocycles. The van der Waals surface area contributed by atoms with Gasteiger partial charge >= 0.3 is 0 Å². The van der Waals surface area contributed by atoms with Crippen LogP contribution in [0.15, 0.2) is 48.5 Å². The van der Waals surface area contributed by atoms with Gasteiger partial charge in [0.25, 0.3) is 0 Å². The van der Waals surface area contributed by atoms with Gasteiger partial charge in [0.05, 0.1) is 0 Å². The van der Waals surface area contributed by atoms with Crippen molar-refractivity contribution in [1.82, 2.24) is 0 Å². The molecule has 0 atom stereocenters. The standard InChI is InChI=1S/C18H19N/c1-13-9-10-14(2)17(11-13)15(3)18(12-19)16-7-5-4-6-8-16/h4-12,19H,1-3H3/b18-15+,19-12?. The molecule has 1 nitrogen and oxygen atoms in total. The zero-order valence-electron chi connectivity index (χ0n) is 11.7. The second kappa shape index (κ2) is 5.66. The first-order valence-corrected chi connectivity index (χ1v) is 6.48. The number of rotatable bonds is 3. The van der Waals surface area contributed by atoms with E-state index in [2.05, 4.69) is 51.1 Å². The molecule has 0 unspecified atom stereocenters. The van der Waals surface area contributed by atoms with Crippen LogP contribution in [0.5, 0.6) is 0 Å². The van der Waals surface area contributed by atoms with Crippen LogP contribution in [0.25, 0.3) is 11.1 Å². The quantitative estimate of drug-likeness (QED) is 0.592. The molecule has 0 heterocycles. The highest BCUT2D eigenvalue weighted by molar-refractivity contribution is 6.18. The van der Waals surface area contributed by atoms with Crippen LogP contribution in [-0.2, 0) is 0 Å². The van der Waals surface area contributed by atoms with Crippen molar-refractivity contribution in [3.05, 3.63) is 70.8 Å². The van der Waals surface area contributed by atoms with Crippen molar-refractivity contribution >= 4 is 17.4 Å². The van der Waals surface area contributed by atoms with Gasteiger partial charge in [-0.3, -0.25) is 0 Å². The summed E-state index contributed by atoms with van der Waals surface area (Å²) in [6, 6.07) is 16.6. The predicted octanol–water partition coefficient (Wildman–Crippen LogP) is 4.88. The van der Waals surface area contributed by atoms with Gasteiger partial charge in [-0.05, 0) is 43.0 Å². The fraction of sp³-hybridized carbons (Fsp3) is 0.167. The van der Waals surface area contributed by atoms with E-state index in [1.165, 1.54) is 22.9 Å². The van der Waals surface area contributed by atoms with E-state index >= 15 is 0 Å². The van der Waals surface area contributed by atoms with E-state index < -0.39 is 0 Å². The van der Waals surface area contributed by atoms with Crippen LogP contribution in [0.3, 0.4) is 0 Å². The molecule has 0 amide bonds. The van der Waals surface area contributed by atoms with E-state index in [0.717, 1.165) is 16.7 Å². The average molecular weight is 249 g/mol. The third-order valence-electron chi connectivity index (χ3n) is 3.43. The Labute approximate surface area is 115 Å². The molecule has 96 valence electrons. The summed E-state index contributed by atoms with van der Waals surface area (Å²) >= 11 is 0. The minimum Gasteiger partial charge on any atom is -0.308 e. The first-order valence-electron chi connectivity index (χ1n) is 6.48. The molecule has 19 heavy (non-hydrogen) atoms. The lowest BCUT2D eigenvalue weighted by Crippen LogP contribution is -1.94. The molecule has 1 N–H and O–H groups in total. The normalized spacial score (nSPS) is 11.9. The SMILES string of the molecule is C/C(=C(/C=N)c1ccccc1)c1cc(C)ccc1C. The Kier molecular flexibility index (Phi) is 3.96. The smallest absolute Gasteiger partial charge is 0.0259 e. The van der Waals surface area contributed by atoms with Gasteiger partial charge in [-0.2, -0.15) is 0 Å². The molecule has 0 fully saturated rings. The number of allylic oxidation sites excluding steroid dienone is 2. The number of hydrogen-bond acceptors (Lipinski definition) is 1. The third kappa shape index (κ3) is 2.82. The molecule has 0 aliphatic carbocycles. The number of benzene rings is 2. The summed E-state index contributed by atoms with van der Waals surface area (Å²) in [5.74, 6) is 0. The molecule has 0 radical (unpaired) electrons. The summed E-state index contributed by atoms with van der Waals surface area (Å²) in [4.78, 5) is 0. The maximum Gasteiger partial charge on any atom is 0.0259 e. The van der Waals surface area contributed by atoms with Crippen LogP contribution >= 0.6 is 0 Å². The molecule has 1 heteroatoms. The minimum absolute atomic E-state index is 0.981. The maximum absolute atomic E-state index is 7.72. The van der Waals surface area contributed by atoms with Crippen LogP contribution in [0.2, 0.25) is 0 Å². The highest BCUT2D eigenvalue weighted by Gasteiger charge is 2.07. The molecule has 0 bridgehead atoms. The first kappa shape index (κ1) is 13.3. The van der Waals surface area contributed by atoms with Crippen molar-refractivity contribution < 1.29 is 0 Å². The summed E-state index contributed by atoms with van der Waals surface area (Å²) in [7, 11) is 0. The molecule has 0 saturated carbocycles. The van der Waals surface area contributed by atoms with Gasteiger partial charge in [0.2, 0.25) is 0 Å². The summed E-state index contributed by atoms with van der Waals surface area (Å²) in [6.07, 6.45) is 1.45. The highest BCUT2D eigenvalue weighted by Crippen LogP contribution is 2.27. The lowest BCUT2D eigenvalue weighted by molar-refractivity contribution is 1.35. The minimum atomic E-state index is 0.981. The number of aryl methyl sites for hydroxylation is 2. The fourth-order valence-corrected chi connectivity index (χ4v) is 2.31. The predicted molar refractivity (Wildman–Crippen MR) is 83.6 cm³/mol. The van der Waals surface area contributed by atoms with Crippen molar-refractivity contribution in [1.29, 1.82) is 5.41 Å². The molecule has 2 rings (SSSR count). The monoisotopic (exact) mass is 249 g/mol. The second-order valence-electron chi connectivity index (χ2n) is 4.87. The van der Waals surface area contributed by atoms with Crippen molar-refractivity contribution in [2.45, 2.75) is 20.8 Å². The van der Waals surface area contributed by atoms with E-state index in [-0.39, 0.29) is 0 Å². The number of nitrogens with one attached hydrogen (secondary N) is 1. The van der Waals surface area contributed by atoms with Crippen LogP contribution in [0.1, 0.15) is 29.2 Å². The summed E-state index contributed by atoms with van der Waals surface area (Å²) < 4.78 is 0. The van der Waals surface area contributed by atoms with E-state index in [0.29, 0.717) is 0 Å². The third-order valence-corrected chi connectivity index (χ3v) is 3.43. The largest absolute Gasteiger partial charge is 0.308 e. The summed E-state index contributed by atoms with van der Waals surface area (Å²) in [6.45, 7) is 6.31. The Morgan fingerprint density at radius 2 is 1.68 bits per heavy atom. The second-order valence-corrected chi connectivity index (χ2v) is 4.87. The van der Waals surface area contributed by atoms with Gasteiger partial charge in [0.1, 0.15) is 0 Å². The Morgan fingerprint density at radius 1 is 1.00 bits per heavy atom. The van der Waals surface area contributed by atoms with E-state index in [9.17, 15) is 0 Å². The summed E-state index contributed by atoms with van der Waals surface area (Å²) in [5.41, 5.74) is 6.95. The van der Waals surface area contributed by atoms with E-state index in [1.807, 2.05) is 18.2 Å². The van der Waals surface area contributed by atoms with Crippen molar-refractivity contribution in [3.8, 4) is 0 Å². The number of hydrogen-bond donors (Lipinski definition) is 1. The summed E-state index contributed by atoms with van der Waals surface area (Å²) in [5, 5.41) is 7.72. The molecular formula is C18H19N. The van der Waals surface area contributed by atoms with Crippen molar-refractivity contribution in [2.75, 3.05) is 0 Å². The van der Waals surface area contributed by atoms with Gasteiger partial charge in [-0.1, -0.05) is 54.1 Å². The lowest BCUT2D eigenvalue weighted by Gasteiger charge is -2.12. The highest BCUT2D eigenvalue weighted by atomic mass is 14.3. The van der Waals surface area contributed by atoms with Crippen LogP contribution < -0.4 is 0 Å². The molecule has 0 saturated heterocycles. The average Bonchev–Trinajstić information content (AvgIpc) is 2.43. The topological polar surface area (TPSA) is 23.9 Å². The Hall–Kier alpha value is -2.15. The van der Waals surface area contributed by atoms with E-state index in [1.54, 1.807) is 0 Å². The molecule has 0 aliphatic rings. The fourth-order valence-electron chi connectivity index (χ4n) is 2.31. The zero-order chi connectivity index (χ0) is 13.8. The van der Waals surface area contributed by atoms with Crippen molar-refractivity contribution in [3.63, 3.8) is 0 Å². The van der Waals surface area contributed by atoms with Gasteiger partial charge in [0.15, 0.2) is 0 Å². The van der Waals surface area contributed by atoms with Gasteiger partial charge < -0.3 is 5.41 Å². The molecule has 0 spiro atoms. The van der Waals surface area contributed by atoms with Crippen molar-refractivity contribution in [2.24, 2.45) is 0 Å². The van der Waals surface area contributed by atoms with E-state index in [4.69, 9.17) is 5.41 Å². The lowest BCUT2D eigenvalue weighted by atomic mass is 9.93. The maximum atomic E-state index is 7.72. The Morgan fingerprint density at radius 3 is 2.32 bits per heavy atom. The Bertz CT molecular complexity index is 621. The first-order chi connectivity index (χ1) is 9.13. The van der Waals surface area contributed by atoms with Crippen LogP contribution in [0, 0.1) is 19.3 Å². The van der Waals surface area contributed by atoms with Crippen LogP contribution in [-0.4, -0.2) is 6.21 Å². The molecule has 0 aliphatic heterocycles. The molecule has 2 aromatic rings. The molecular weight excluding hydrogens is 230 g/mol. The van der Waals surface area contributed by atoms with Gasteiger partial charge in [-0.25, -0.2) is 0 Å². The van der Waals surface area contributed by atoms with Crippen LogP contribution in [0.4, 0.5) is 0 Å². The van der Waals surface area contributed by atoms with Gasteiger partial charge in [-0.15, -0.1) is 0 Å². The van der Waals surface area contributed by atoms with Gasteiger partial charge in [0, 0.05) is 11.8 Å². The zero-order valence-corrected chi connectivity index (χ0v) is 11.7.